The van der Waals surface area contributed by atoms with Crippen molar-refractivity contribution in [3.8, 4) is 0 Å². The van der Waals surface area contributed by atoms with Crippen molar-refractivity contribution in [1.29, 1.82) is 0 Å². The molecule has 15 heavy (non-hydrogen) atoms. The van der Waals surface area contributed by atoms with Crippen LogP contribution in [0, 0.1) is 0 Å². The van der Waals surface area contributed by atoms with E-state index in [1.807, 2.05) is 6.92 Å². The van der Waals surface area contributed by atoms with Gasteiger partial charge in [0.25, 0.3) is 0 Å². The molecule has 0 bridgehead atoms. The third kappa shape index (κ3) is 9.58. The van der Waals surface area contributed by atoms with Gasteiger partial charge in [-0.1, -0.05) is 53.5 Å². The van der Waals surface area contributed by atoms with Gasteiger partial charge >= 0.3 is 16.8 Å². The van der Waals surface area contributed by atoms with Gasteiger partial charge < -0.3 is 14.4 Å². The number of hydrogen-bond acceptors (Lipinski definition) is 3. The van der Waals surface area contributed by atoms with E-state index in [4.69, 9.17) is 0 Å². The zero-order valence-electron chi connectivity index (χ0n) is 9.53. The monoisotopic (exact) mass is 279 g/mol. The Morgan fingerprint density at radius 1 is 1.00 bits per heavy atom. The maximum absolute atomic E-state index is 10.9. The van der Waals surface area contributed by atoms with Crippen LogP contribution in [0.25, 0.3) is 0 Å². The van der Waals surface area contributed by atoms with E-state index in [1.54, 1.807) is 0 Å². The number of unbranched alkanes of at least 4 members (excludes halogenated alkanes) is 3. The first kappa shape index (κ1) is 18.0. The van der Waals surface area contributed by atoms with Gasteiger partial charge in [0.1, 0.15) is 0 Å². The van der Waals surface area contributed by atoms with Gasteiger partial charge in [0.2, 0.25) is 0 Å². The molecule has 0 saturated heterocycles. The fourth-order valence-electron chi connectivity index (χ4n) is 1.53. The normalized spacial score (nSPS) is 13.3. The predicted octanol–water partition coefficient (Wildman–Crippen LogP) is 2.04. The Bertz CT molecular complexity index is 182. The van der Waals surface area contributed by atoms with E-state index in [9.17, 15) is 14.4 Å². The molecule has 0 aromatic carbocycles. The molecule has 0 rings (SSSR count). The molecule has 0 aromatic rings. The van der Waals surface area contributed by atoms with Crippen molar-refractivity contribution in [2.75, 3.05) is 0 Å². The molecule has 5 heteroatoms. The molecule has 0 aliphatic heterocycles. The zero-order valence-corrected chi connectivity index (χ0v) is 11.5. The fourth-order valence-corrected chi connectivity index (χ4v) is 2.53. The Kier molecular flexibility index (Phi) is 11.8. The van der Waals surface area contributed by atoms with Crippen LogP contribution >= 0.6 is 7.60 Å². The van der Waals surface area contributed by atoms with Crippen molar-refractivity contribution < 1.29 is 31.1 Å². The second-order valence-corrected chi connectivity index (χ2v) is 5.64. The van der Waals surface area contributed by atoms with Crippen LogP contribution in [0.4, 0.5) is 0 Å². The van der Waals surface area contributed by atoms with Gasteiger partial charge in [-0.3, -0.25) is 0 Å². The van der Waals surface area contributed by atoms with Crippen LogP contribution in [0.5, 0.6) is 0 Å². The molecule has 1 radical (unpaired) electrons. The minimum Gasteiger partial charge on any atom is -0.811 e. The second kappa shape index (κ2) is 9.85. The molecule has 3 nitrogen and oxygen atoms in total. The minimum atomic E-state index is -4.35. The Morgan fingerprint density at radius 2 is 1.47 bits per heavy atom. The van der Waals surface area contributed by atoms with Gasteiger partial charge in [-0.2, -0.15) is 0 Å². The summed E-state index contributed by atoms with van der Waals surface area (Å²) in [7, 11) is -4.35. The molecule has 0 aromatic heterocycles. The third-order valence-electron chi connectivity index (χ3n) is 2.48. The molecular formula is C10H21CoO3P. The van der Waals surface area contributed by atoms with Crippen LogP contribution < -0.4 is 9.79 Å². The van der Waals surface area contributed by atoms with Crippen LogP contribution in [-0.4, -0.2) is 5.66 Å². The molecule has 0 amide bonds. The molecular weight excluding hydrogens is 258 g/mol. The topological polar surface area (TPSA) is 63.2 Å². The van der Waals surface area contributed by atoms with Crippen LogP contribution in [0.1, 0.15) is 58.8 Å². The van der Waals surface area contributed by atoms with Crippen molar-refractivity contribution in [2.24, 2.45) is 0 Å². The molecule has 0 saturated carbocycles. The van der Waals surface area contributed by atoms with E-state index in [2.05, 4.69) is 6.92 Å². The molecule has 1 unspecified atom stereocenters. The van der Waals surface area contributed by atoms with Gasteiger partial charge in [0.05, 0.1) is 0 Å². The van der Waals surface area contributed by atoms with E-state index in [0.717, 1.165) is 32.1 Å². The largest absolute Gasteiger partial charge is 2.00 e. The molecule has 0 aliphatic carbocycles. The predicted molar refractivity (Wildman–Crippen MR) is 55.1 cm³/mol. The van der Waals surface area contributed by atoms with Crippen LogP contribution in [0.2, 0.25) is 0 Å². The summed E-state index contributed by atoms with van der Waals surface area (Å²) in [5.41, 5.74) is -0.617. The second-order valence-electron chi connectivity index (χ2n) is 3.83. The van der Waals surface area contributed by atoms with E-state index in [-0.39, 0.29) is 16.8 Å². The van der Waals surface area contributed by atoms with Crippen LogP contribution in [0.15, 0.2) is 0 Å². The van der Waals surface area contributed by atoms with Crippen LogP contribution in [0.3, 0.4) is 0 Å². The number of hydrogen-bond donors (Lipinski definition) is 0. The first-order valence-electron chi connectivity index (χ1n) is 5.54. The molecule has 93 valence electrons. The molecule has 0 fully saturated rings. The molecule has 0 aliphatic rings. The summed E-state index contributed by atoms with van der Waals surface area (Å²) in [6.07, 6.45) is 5.82. The van der Waals surface area contributed by atoms with Crippen molar-refractivity contribution in [1.82, 2.24) is 0 Å². The summed E-state index contributed by atoms with van der Waals surface area (Å²) >= 11 is 0. The SMILES string of the molecule is CCCCCC(CCCC)P(=O)([O-])[O-].[Co+2]. The summed E-state index contributed by atoms with van der Waals surface area (Å²) in [6.45, 7) is 4.07. The van der Waals surface area contributed by atoms with Gasteiger partial charge in [0, 0.05) is 0 Å². The summed E-state index contributed by atoms with van der Waals surface area (Å²) in [4.78, 5) is 21.8. The summed E-state index contributed by atoms with van der Waals surface area (Å²) in [5, 5.41) is 0. The smallest absolute Gasteiger partial charge is 0.811 e. The summed E-state index contributed by atoms with van der Waals surface area (Å²) in [5.74, 6) is 0. The number of rotatable bonds is 8. The van der Waals surface area contributed by atoms with E-state index in [1.165, 1.54) is 0 Å². The van der Waals surface area contributed by atoms with E-state index < -0.39 is 13.3 Å². The average Bonchev–Trinajstić information content (AvgIpc) is 2.09. The zero-order chi connectivity index (χ0) is 11.0. The average molecular weight is 279 g/mol. The molecule has 0 heterocycles. The Balaban J connectivity index is 0. The maximum Gasteiger partial charge on any atom is 2.00 e. The van der Waals surface area contributed by atoms with Gasteiger partial charge in [0.15, 0.2) is 0 Å². The van der Waals surface area contributed by atoms with Crippen molar-refractivity contribution in [3.05, 3.63) is 0 Å². The molecule has 0 spiro atoms. The Morgan fingerprint density at radius 3 is 1.87 bits per heavy atom. The molecule has 0 N–H and O–H groups in total. The van der Waals surface area contributed by atoms with E-state index >= 15 is 0 Å². The summed E-state index contributed by atoms with van der Waals surface area (Å²) in [6, 6.07) is 0. The Hall–Kier alpha value is 0.656. The first-order valence-corrected chi connectivity index (χ1v) is 7.15. The van der Waals surface area contributed by atoms with E-state index in [0.29, 0.717) is 12.8 Å². The summed E-state index contributed by atoms with van der Waals surface area (Å²) < 4.78 is 10.9. The standard InChI is InChI=1S/C10H23O3P.Co/c1-3-5-7-9-10(8-6-4-2)14(11,12)13;/h10H,3-9H2,1-2H3,(H2,11,12,13);/q;+2/p-2. The minimum absolute atomic E-state index is 0. The third-order valence-corrected chi connectivity index (χ3v) is 3.89. The molecule has 1 atom stereocenters. The van der Waals surface area contributed by atoms with Crippen LogP contribution in [-0.2, 0) is 21.3 Å². The fraction of sp³-hybridized carbons (Fsp3) is 1.00. The van der Waals surface area contributed by atoms with Crippen molar-refractivity contribution in [3.63, 3.8) is 0 Å². The van der Waals surface area contributed by atoms with Gasteiger partial charge in [-0.05, 0) is 18.5 Å². The first-order chi connectivity index (χ1) is 6.52. The van der Waals surface area contributed by atoms with Gasteiger partial charge in [-0.15, -0.1) is 0 Å². The van der Waals surface area contributed by atoms with Crippen molar-refractivity contribution in [2.45, 2.75) is 64.5 Å². The van der Waals surface area contributed by atoms with Crippen molar-refractivity contribution >= 4 is 7.60 Å². The maximum atomic E-state index is 10.9. The quantitative estimate of drug-likeness (QED) is 0.504. The Labute approximate surface area is 103 Å². The van der Waals surface area contributed by atoms with Gasteiger partial charge in [-0.25, -0.2) is 0 Å².